The van der Waals surface area contributed by atoms with Crippen LogP contribution in [0, 0.1) is 0 Å². The fourth-order valence-corrected chi connectivity index (χ4v) is 2.31. The highest BCUT2D eigenvalue weighted by Crippen LogP contribution is 2.12. The van der Waals surface area contributed by atoms with Gasteiger partial charge in [-0.2, -0.15) is 0 Å². The number of benzene rings is 1. The van der Waals surface area contributed by atoms with E-state index >= 15 is 0 Å². The summed E-state index contributed by atoms with van der Waals surface area (Å²) in [4.78, 5) is 24.7. The summed E-state index contributed by atoms with van der Waals surface area (Å²) in [5.41, 5.74) is 1.52. The number of unbranched alkanes of at least 4 members (excludes halogenated alkanes) is 1. The predicted octanol–water partition coefficient (Wildman–Crippen LogP) is 2.99. The second-order valence-electron chi connectivity index (χ2n) is 5.68. The summed E-state index contributed by atoms with van der Waals surface area (Å²) in [5, 5.41) is 0. The molecule has 0 N–H and O–H groups in total. The quantitative estimate of drug-likeness (QED) is 0.788. The summed E-state index contributed by atoms with van der Waals surface area (Å²) in [6.45, 7) is 3.63. The summed E-state index contributed by atoms with van der Waals surface area (Å²) in [6, 6.07) is 11.7. The Morgan fingerprint density at radius 2 is 1.87 bits per heavy atom. The zero-order valence-corrected chi connectivity index (χ0v) is 14.1. The standard InChI is InChI=1S/C18H24N4O/c1-4-5-11-21(2)17-12-16(19-14-20-17)18(23)22(3)13-15-9-7-6-8-10-15/h6-10,12,14H,4-5,11,13H2,1-3H3. The van der Waals surface area contributed by atoms with Gasteiger partial charge in [-0.1, -0.05) is 43.7 Å². The molecule has 0 bridgehead atoms. The minimum Gasteiger partial charge on any atom is -0.360 e. The van der Waals surface area contributed by atoms with Crippen LogP contribution in [-0.4, -0.2) is 41.4 Å². The lowest BCUT2D eigenvalue weighted by molar-refractivity contribution is 0.0779. The number of anilines is 1. The number of nitrogens with zero attached hydrogens (tertiary/aromatic N) is 4. The van der Waals surface area contributed by atoms with Crippen molar-refractivity contribution in [3.63, 3.8) is 0 Å². The van der Waals surface area contributed by atoms with Crippen LogP contribution in [-0.2, 0) is 6.54 Å². The van der Waals surface area contributed by atoms with Crippen molar-refractivity contribution >= 4 is 11.7 Å². The molecule has 5 nitrogen and oxygen atoms in total. The van der Waals surface area contributed by atoms with Gasteiger partial charge in [0.25, 0.3) is 5.91 Å². The number of carbonyl (C=O) groups is 1. The average Bonchev–Trinajstić information content (AvgIpc) is 2.60. The van der Waals surface area contributed by atoms with E-state index in [1.54, 1.807) is 18.0 Å². The molecule has 1 heterocycles. The van der Waals surface area contributed by atoms with Crippen LogP contribution in [0.5, 0.6) is 0 Å². The van der Waals surface area contributed by atoms with Crippen molar-refractivity contribution in [1.29, 1.82) is 0 Å². The lowest BCUT2D eigenvalue weighted by Gasteiger charge is -2.20. The molecule has 1 aromatic heterocycles. The molecule has 122 valence electrons. The smallest absolute Gasteiger partial charge is 0.272 e. The third-order valence-electron chi connectivity index (χ3n) is 3.72. The van der Waals surface area contributed by atoms with E-state index in [4.69, 9.17) is 0 Å². The van der Waals surface area contributed by atoms with Crippen LogP contribution in [0.15, 0.2) is 42.7 Å². The predicted molar refractivity (Wildman–Crippen MR) is 92.4 cm³/mol. The van der Waals surface area contributed by atoms with Crippen LogP contribution < -0.4 is 4.90 Å². The van der Waals surface area contributed by atoms with Crippen molar-refractivity contribution in [1.82, 2.24) is 14.9 Å². The first kappa shape index (κ1) is 16.9. The van der Waals surface area contributed by atoms with Crippen LogP contribution in [0.3, 0.4) is 0 Å². The number of aromatic nitrogens is 2. The molecule has 0 atom stereocenters. The van der Waals surface area contributed by atoms with Gasteiger partial charge in [-0.3, -0.25) is 4.79 Å². The normalized spacial score (nSPS) is 10.4. The molecule has 1 amide bonds. The van der Waals surface area contributed by atoms with E-state index < -0.39 is 0 Å². The highest BCUT2D eigenvalue weighted by atomic mass is 16.2. The fraction of sp³-hybridized carbons (Fsp3) is 0.389. The Morgan fingerprint density at radius 3 is 2.57 bits per heavy atom. The van der Waals surface area contributed by atoms with E-state index in [-0.39, 0.29) is 5.91 Å². The third kappa shape index (κ3) is 4.77. The lowest BCUT2D eigenvalue weighted by Crippen LogP contribution is -2.28. The Bertz CT molecular complexity index is 630. The average molecular weight is 312 g/mol. The maximum Gasteiger partial charge on any atom is 0.272 e. The van der Waals surface area contributed by atoms with E-state index in [1.165, 1.54) is 6.33 Å². The van der Waals surface area contributed by atoms with Crippen LogP contribution in [0.4, 0.5) is 5.82 Å². The molecule has 2 aromatic rings. The van der Waals surface area contributed by atoms with E-state index in [2.05, 4.69) is 21.8 Å². The van der Waals surface area contributed by atoms with Crippen molar-refractivity contribution in [3.8, 4) is 0 Å². The van der Waals surface area contributed by atoms with Gasteiger partial charge >= 0.3 is 0 Å². The monoisotopic (exact) mass is 312 g/mol. The summed E-state index contributed by atoms with van der Waals surface area (Å²) in [6.07, 6.45) is 3.68. The van der Waals surface area contributed by atoms with Crippen LogP contribution in [0.25, 0.3) is 0 Å². The van der Waals surface area contributed by atoms with Gasteiger partial charge in [-0.05, 0) is 12.0 Å². The van der Waals surface area contributed by atoms with Gasteiger partial charge in [0.15, 0.2) is 0 Å². The molecular weight excluding hydrogens is 288 g/mol. The van der Waals surface area contributed by atoms with Gasteiger partial charge in [-0.15, -0.1) is 0 Å². The molecule has 5 heteroatoms. The minimum absolute atomic E-state index is 0.0959. The van der Waals surface area contributed by atoms with Gasteiger partial charge < -0.3 is 9.80 Å². The first-order chi connectivity index (χ1) is 11.1. The summed E-state index contributed by atoms with van der Waals surface area (Å²) < 4.78 is 0. The van der Waals surface area contributed by atoms with Gasteiger partial charge in [-0.25, -0.2) is 9.97 Å². The first-order valence-corrected chi connectivity index (χ1v) is 7.94. The van der Waals surface area contributed by atoms with Gasteiger partial charge in [0.2, 0.25) is 0 Å². The zero-order valence-electron chi connectivity index (χ0n) is 14.1. The second kappa shape index (κ2) is 8.27. The molecule has 0 spiro atoms. The maximum atomic E-state index is 12.6. The Kier molecular flexibility index (Phi) is 6.09. The number of amides is 1. The van der Waals surface area contributed by atoms with E-state index in [1.807, 2.05) is 37.4 Å². The third-order valence-corrected chi connectivity index (χ3v) is 3.72. The number of carbonyl (C=O) groups excluding carboxylic acids is 1. The zero-order chi connectivity index (χ0) is 16.7. The Morgan fingerprint density at radius 1 is 1.13 bits per heavy atom. The molecule has 23 heavy (non-hydrogen) atoms. The van der Waals surface area contributed by atoms with E-state index in [0.29, 0.717) is 12.2 Å². The second-order valence-corrected chi connectivity index (χ2v) is 5.68. The Labute approximate surface area is 138 Å². The van der Waals surface area contributed by atoms with Crippen LogP contribution >= 0.6 is 0 Å². The number of rotatable bonds is 7. The molecule has 0 saturated heterocycles. The van der Waals surface area contributed by atoms with Gasteiger partial charge in [0, 0.05) is 33.3 Å². The first-order valence-electron chi connectivity index (χ1n) is 7.94. The molecule has 1 aromatic carbocycles. The van der Waals surface area contributed by atoms with Crippen LogP contribution in [0.2, 0.25) is 0 Å². The number of hydrogen-bond donors (Lipinski definition) is 0. The molecule has 0 fully saturated rings. The van der Waals surface area contributed by atoms with E-state index in [0.717, 1.165) is 30.8 Å². The molecular formula is C18H24N4O. The van der Waals surface area contributed by atoms with Crippen molar-refractivity contribution in [2.45, 2.75) is 26.3 Å². The van der Waals surface area contributed by atoms with Gasteiger partial charge in [0.05, 0.1) is 0 Å². The SMILES string of the molecule is CCCCN(C)c1cc(C(=O)N(C)Cc2ccccc2)ncn1. The molecule has 0 radical (unpaired) electrons. The molecule has 0 unspecified atom stereocenters. The van der Waals surface area contributed by atoms with Crippen molar-refractivity contribution < 1.29 is 4.79 Å². The lowest BCUT2D eigenvalue weighted by atomic mass is 10.2. The van der Waals surface area contributed by atoms with Gasteiger partial charge in [0.1, 0.15) is 17.8 Å². The number of hydrogen-bond acceptors (Lipinski definition) is 4. The van der Waals surface area contributed by atoms with E-state index in [9.17, 15) is 4.79 Å². The maximum absolute atomic E-state index is 12.6. The topological polar surface area (TPSA) is 49.3 Å². The largest absolute Gasteiger partial charge is 0.360 e. The molecule has 0 saturated carbocycles. The molecule has 0 aliphatic heterocycles. The van der Waals surface area contributed by atoms with Crippen LogP contribution in [0.1, 0.15) is 35.8 Å². The molecule has 0 aliphatic carbocycles. The summed E-state index contributed by atoms with van der Waals surface area (Å²) in [7, 11) is 3.78. The molecule has 0 aliphatic rings. The summed E-state index contributed by atoms with van der Waals surface area (Å²) in [5.74, 6) is 0.686. The Hall–Kier alpha value is -2.43. The Balaban J connectivity index is 2.06. The highest BCUT2D eigenvalue weighted by molar-refractivity contribution is 5.92. The highest BCUT2D eigenvalue weighted by Gasteiger charge is 2.15. The van der Waals surface area contributed by atoms with Crippen molar-refractivity contribution in [2.24, 2.45) is 0 Å². The summed E-state index contributed by atoms with van der Waals surface area (Å²) >= 11 is 0. The minimum atomic E-state index is -0.0959. The van der Waals surface area contributed by atoms with Crippen molar-refractivity contribution in [3.05, 3.63) is 54.0 Å². The van der Waals surface area contributed by atoms with Crippen molar-refractivity contribution in [2.75, 3.05) is 25.5 Å². The fourth-order valence-electron chi connectivity index (χ4n) is 2.31. The molecule has 2 rings (SSSR count).